The average molecular weight is 290 g/mol. The van der Waals surface area contributed by atoms with Crippen molar-refractivity contribution in [1.82, 2.24) is 5.32 Å². The molecule has 1 amide bonds. The molecular formula is C15H18N2O2S. The number of carbonyl (C=O) groups is 1. The van der Waals surface area contributed by atoms with Crippen LogP contribution >= 0.6 is 11.3 Å². The quantitative estimate of drug-likeness (QED) is 0.680. The van der Waals surface area contributed by atoms with Crippen LogP contribution in [0.15, 0.2) is 42.5 Å². The normalized spacial score (nSPS) is 12.2. The van der Waals surface area contributed by atoms with Gasteiger partial charge in [-0.2, -0.15) is 0 Å². The van der Waals surface area contributed by atoms with Gasteiger partial charge >= 0.3 is 0 Å². The van der Waals surface area contributed by atoms with E-state index in [-0.39, 0.29) is 5.91 Å². The van der Waals surface area contributed by atoms with Crippen LogP contribution in [0.1, 0.15) is 26.2 Å². The number of benzene rings is 1. The van der Waals surface area contributed by atoms with Crippen molar-refractivity contribution in [3.8, 4) is 0 Å². The molecule has 1 aromatic carbocycles. The summed E-state index contributed by atoms with van der Waals surface area (Å²) in [7, 11) is 0. The first-order valence-corrected chi connectivity index (χ1v) is 7.30. The number of nitrogens with one attached hydrogen (secondary N) is 1. The Bertz CT molecular complexity index is 554. The third kappa shape index (κ3) is 4.16. The topological polar surface area (TPSA) is 75.4 Å². The molecule has 0 unspecified atom stereocenters. The highest BCUT2D eigenvalue weighted by Crippen LogP contribution is 2.16. The molecule has 4 nitrogen and oxygen atoms in total. The van der Waals surface area contributed by atoms with Crippen LogP contribution in [0.3, 0.4) is 0 Å². The van der Waals surface area contributed by atoms with Gasteiger partial charge in [-0.1, -0.05) is 30.3 Å². The molecule has 0 aliphatic carbocycles. The lowest BCUT2D eigenvalue weighted by molar-refractivity contribution is 0.100. The second-order valence-corrected chi connectivity index (χ2v) is 5.68. The summed E-state index contributed by atoms with van der Waals surface area (Å²) in [6.07, 6.45) is 0.320. The summed E-state index contributed by atoms with van der Waals surface area (Å²) >= 11 is 1.42. The van der Waals surface area contributed by atoms with Crippen LogP contribution in [0.25, 0.3) is 0 Å². The number of amides is 1. The Balaban J connectivity index is 1.72. The monoisotopic (exact) mass is 290 g/mol. The summed E-state index contributed by atoms with van der Waals surface area (Å²) in [5.41, 5.74) is 6.12. The number of thiophene rings is 1. The molecule has 0 spiro atoms. The molecule has 1 aromatic heterocycles. The minimum atomic E-state index is -0.499. The molecule has 0 aliphatic heterocycles. The van der Waals surface area contributed by atoms with Crippen molar-refractivity contribution in [2.45, 2.75) is 12.5 Å². The standard InChI is InChI=1S/C15H18N2O2S/c16-15(19)14-7-6-12(20-14)8-9-17-10-13(18)11-4-2-1-3-5-11/h1-7,13,17-18H,8-10H2,(H2,16,19)/t13-/m0/s1. The summed E-state index contributed by atoms with van der Waals surface area (Å²) in [4.78, 5) is 12.7. The Hall–Kier alpha value is -1.69. The lowest BCUT2D eigenvalue weighted by Crippen LogP contribution is -2.23. The Labute approximate surface area is 122 Å². The Morgan fingerprint density at radius 3 is 2.65 bits per heavy atom. The van der Waals surface area contributed by atoms with E-state index in [9.17, 15) is 9.90 Å². The molecule has 2 aromatic rings. The highest BCUT2D eigenvalue weighted by atomic mass is 32.1. The maximum atomic E-state index is 11.0. The number of primary amides is 1. The van der Waals surface area contributed by atoms with Crippen molar-refractivity contribution < 1.29 is 9.90 Å². The molecule has 5 heteroatoms. The maximum absolute atomic E-state index is 11.0. The fraction of sp³-hybridized carbons (Fsp3) is 0.267. The van der Waals surface area contributed by atoms with Crippen molar-refractivity contribution in [1.29, 1.82) is 0 Å². The molecule has 1 heterocycles. The Kier molecular flexibility index (Phi) is 5.29. The molecule has 20 heavy (non-hydrogen) atoms. The highest BCUT2D eigenvalue weighted by molar-refractivity contribution is 7.14. The molecule has 0 fully saturated rings. The largest absolute Gasteiger partial charge is 0.387 e. The van der Waals surface area contributed by atoms with E-state index in [1.165, 1.54) is 11.3 Å². The zero-order valence-corrected chi connectivity index (χ0v) is 11.9. The van der Waals surface area contributed by atoms with E-state index in [1.807, 2.05) is 36.4 Å². The lowest BCUT2D eigenvalue weighted by Gasteiger charge is -2.11. The zero-order valence-electron chi connectivity index (χ0n) is 11.1. The van der Waals surface area contributed by atoms with Gasteiger partial charge < -0.3 is 16.2 Å². The van der Waals surface area contributed by atoms with Gasteiger partial charge in [-0.05, 0) is 24.1 Å². The first kappa shape index (κ1) is 14.7. The number of rotatable bonds is 7. The molecular weight excluding hydrogens is 272 g/mol. The zero-order chi connectivity index (χ0) is 14.4. The minimum Gasteiger partial charge on any atom is -0.387 e. The van der Waals surface area contributed by atoms with E-state index in [0.717, 1.165) is 23.4 Å². The van der Waals surface area contributed by atoms with Gasteiger partial charge in [0.25, 0.3) is 5.91 Å². The second kappa shape index (κ2) is 7.19. The van der Waals surface area contributed by atoms with Crippen molar-refractivity contribution in [3.05, 3.63) is 57.8 Å². The van der Waals surface area contributed by atoms with Gasteiger partial charge in [-0.15, -0.1) is 11.3 Å². The first-order valence-electron chi connectivity index (χ1n) is 6.49. The average Bonchev–Trinajstić information content (AvgIpc) is 2.93. The van der Waals surface area contributed by atoms with Crippen molar-refractivity contribution in [2.24, 2.45) is 5.73 Å². The van der Waals surface area contributed by atoms with Crippen molar-refractivity contribution >= 4 is 17.2 Å². The molecule has 0 bridgehead atoms. The first-order chi connectivity index (χ1) is 9.66. The molecule has 0 radical (unpaired) electrons. The van der Waals surface area contributed by atoms with Gasteiger partial charge in [-0.25, -0.2) is 0 Å². The van der Waals surface area contributed by atoms with E-state index in [0.29, 0.717) is 11.4 Å². The summed E-state index contributed by atoms with van der Waals surface area (Å²) in [5, 5.41) is 13.2. The number of hydrogen-bond donors (Lipinski definition) is 3. The van der Waals surface area contributed by atoms with E-state index in [1.54, 1.807) is 6.07 Å². The smallest absolute Gasteiger partial charge is 0.258 e. The van der Waals surface area contributed by atoms with Crippen LogP contribution in [-0.4, -0.2) is 24.1 Å². The van der Waals surface area contributed by atoms with Crippen LogP contribution < -0.4 is 11.1 Å². The fourth-order valence-electron chi connectivity index (χ4n) is 1.89. The number of carbonyl (C=O) groups excluding carboxylic acids is 1. The summed E-state index contributed by atoms with van der Waals surface area (Å²) < 4.78 is 0. The second-order valence-electron chi connectivity index (χ2n) is 4.51. The Morgan fingerprint density at radius 1 is 1.25 bits per heavy atom. The lowest BCUT2D eigenvalue weighted by atomic mass is 10.1. The van der Waals surface area contributed by atoms with Crippen molar-refractivity contribution in [3.63, 3.8) is 0 Å². The fourth-order valence-corrected chi connectivity index (χ4v) is 2.75. The number of hydrogen-bond acceptors (Lipinski definition) is 4. The third-order valence-corrected chi connectivity index (χ3v) is 4.13. The van der Waals surface area contributed by atoms with Gasteiger partial charge in [0.05, 0.1) is 11.0 Å². The molecule has 1 atom stereocenters. The minimum absolute atomic E-state index is 0.381. The van der Waals surface area contributed by atoms with E-state index in [2.05, 4.69) is 5.32 Å². The summed E-state index contributed by atoms with van der Waals surface area (Å²) in [6, 6.07) is 13.2. The van der Waals surface area contributed by atoms with Gasteiger partial charge in [0.2, 0.25) is 0 Å². The maximum Gasteiger partial charge on any atom is 0.258 e. The third-order valence-electron chi connectivity index (χ3n) is 2.97. The van der Waals surface area contributed by atoms with Gasteiger partial charge in [-0.3, -0.25) is 4.79 Å². The van der Waals surface area contributed by atoms with Crippen LogP contribution in [0.4, 0.5) is 0 Å². The van der Waals surface area contributed by atoms with E-state index < -0.39 is 6.10 Å². The predicted molar refractivity (Wildman–Crippen MR) is 80.8 cm³/mol. The van der Waals surface area contributed by atoms with Gasteiger partial charge in [0.15, 0.2) is 0 Å². The Morgan fingerprint density at radius 2 is 2.00 bits per heavy atom. The van der Waals surface area contributed by atoms with Crippen LogP contribution in [-0.2, 0) is 6.42 Å². The van der Waals surface area contributed by atoms with Crippen LogP contribution in [0.2, 0.25) is 0 Å². The number of nitrogens with two attached hydrogens (primary N) is 1. The van der Waals surface area contributed by atoms with Gasteiger partial charge in [0, 0.05) is 18.0 Å². The molecule has 106 valence electrons. The number of aliphatic hydroxyl groups excluding tert-OH is 1. The highest BCUT2D eigenvalue weighted by Gasteiger charge is 2.07. The molecule has 0 aliphatic rings. The summed E-state index contributed by atoms with van der Waals surface area (Å²) in [6.45, 7) is 1.26. The van der Waals surface area contributed by atoms with Crippen LogP contribution in [0, 0.1) is 0 Å². The molecule has 4 N–H and O–H groups in total. The van der Waals surface area contributed by atoms with E-state index in [4.69, 9.17) is 5.73 Å². The van der Waals surface area contributed by atoms with E-state index >= 15 is 0 Å². The van der Waals surface area contributed by atoms with Crippen LogP contribution in [0.5, 0.6) is 0 Å². The van der Waals surface area contributed by atoms with Gasteiger partial charge in [0.1, 0.15) is 0 Å². The summed E-state index contributed by atoms with van der Waals surface area (Å²) in [5.74, 6) is -0.381. The molecule has 0 saturated carbocycles. The molecule has 0 saturated heterocycles. The number of aliphatic hydroxyl groups is 1. The molecule has 2 rings (SSSR count). The predicted octanol–water partition coefficient (Wildman–Crippen LogP) is 1.71. The SMILES string of the molecule is NC(=O)c1ccc(CCNC[C@H](O)c2ccccc2)s1. The van der Waals surface area contributed by atoms with Crippen molar-refractivity contribution in [2.75, 3.05) is 13.1 Å².